The average Bonchev–Trinajstić information content (AvgIpc) is 2.47. The normalized spacial score (nSPS) is 25.0. The highest BCUT2D eigenvalue weighted by molar-refractivity contribution is 7.91. The van der Waals surface area contributed by atoms with Crippen molar-refractivity contribution in [3.8, 4) is 0 Å². The Morgan fingerprint density at radius 3 is 2.71 bits per heavy atom. The molecule has 1 fully saturated rings. The van der Waals surface area contributed by atoms with E-state index in [1.807, 2.05) is 0 Å². The first-order valence-corrected chi connectivity index (χ1v) is 6.08. The van der Waals surface area contributed by atoms with Crippen LogP contribution < -0.4 is 5.56 Å². The maximum absolute atomic E-state index is 11.5. The molecule has 1 aliphatic heterocycles. The number of nitrogens with one attached hydrogen (secondary N) is 1. The van der Waals surface area contributed by atoms with E-state index in [2.05, 4.69) is 10.2 Å². The second-order valence-electron chi connectivity index (χ2n) is 3.34. The molecule has 0 radical (unpaired) electrons. The van der Waals surface area contributed by atoms with Crippen molar-refractivity contribution in [2.45, 2.75) is 18.1 Å². The first-order chi connectivity index (χ1) is 6.59. The summed E-state index contributed by atoms with van der Waals surface area (Å²) in [6, 6.07) is 2.78. The van der Waals surface area contributed by atoms with Gasteiger partial charge in [-0.25, -0.2) is 13.5 Å². The summed E-state index contributed by atoms with van der Waals surface area (Å²) in [6.45, 7) is 0. The molecule has 0 bridgehead atoms. The predicted octanol–water partition coefficient (Wildman–Crippen LogP) is 0.0196. The van der Waals surface area contributed by atoms with Crippen LogP contribution >= 0.6 is 0 Å². The summed E-state index contributed by atoms with van der Waals surface area (Å²) in [5.41, 5.74) is 0.131. The standard InChI is InChI=1S/C8H10N2O3S/c11-8-4-3-6(9-10-8)7-2-1-5-14(7,12)13/h3-4,7H,1-2,5H2,(H,10,11). The zero-order valence-electron chi connectivity index (χ0n) is 7.43. The van der Waals surface area contributed by atoms with E-state index >= 15 is 0 Å². The molecule has 5 nitrogen and oxygen atoms in total. The Kier molecular flexibility index (Phi) is 2.14. The van der Waals surface area contributed by atoms with Crippen molar-refractivity contribution in [1.29, 1.82) is 0 Å². The van der Waals surface area contributed by atoms with Gasteiger partial charge in [-0.3, -0.25) is 4.79 Å². The molecular formula is C8H10N2O3S. The molecule has 1 aromatic heterocycles. The van der Waals surface area contributed by atoms with Crippen molar-refractivity contribution in [3.05, 3.63) is 28.2 Å². The Balaban J connectivity index is 2.41. The van der Waals surface area contributed by atoms with E-state index in [1.165, 1.54) is 12.1 Å². The molecule has 0 aliphatic carbocycles. The molecule has 6 heteroatoms. The van der Waals surface area contributed by atoms with Crippen molar-refractivity contribution >= 4 is 9.84 Å². The topological polar surface area (TPSA) is 79.9 Å². The van der Waals surface area contributed by atoms with Gasteiger partial charge in [0.2, 0.25) is 0 Å². The second kappa shape index (κ2) is 3.20. The van der Waals surface area contributed by atoms with Crippen molar-refractivity contribution in [1.82, 2.24) is 10.2 Å². The van der Waals surface area contributed by atoms with Gasteiger partial charge < -0.3 is 0 Å². The highest BCUT2D eigenvalue weighted by Crippen LogP contribution is 2.32. The van der Waals surface area contributed by atoms with Crippen molar-refractivity contribution < 1.29 is 8.42 Å². The molecule has 0 spiro atoms. The molecule has 76 valence electrons. The summed E-state index contributed by atoms with van der Waals surface area (Å²) in [5, 5.41) is 5.46. The van der Waals surface area contributed by atoms with Crippen LogP contribution in [0.2, 0.25) is 0 Å². The second-order valence-corrected chi connectivity index (χ2v) is 5.65. The minimum absolute atomic E-state index is 0.221. The van der Waals surface area contributed by atoms with Crippen LogP contribution in [0.3, 0.4) is 0 Å². The molecule has 1 atom stereocenters. The fraction of sp³-hybridized carbons (Fsp3) is 0.500. The van der Waals surface area contributed by atoms with Gasteiger partial charge in [0.1, 0.15) is 5.25 Å². The zero-order chi connectivity index (χ0) is 10.2. The molecular weight excluding hydrogens is 204 g/mol. The van der Waals surface area contributed by atoms with Crippen molar-refractivity contribution in [2.24, 2.45) is 0 Å². The van der Waals surface area contributed by atoms with Gasteiger partial charge in [0, 0.05) is 6.07 Å². The minimum Gasteiger partial charge on any atom is -0.268 e. The van der Waals surface area contributed by atoms with Crippen LogP contribution in [0.15, 0.2) is 16.9 Å². The van der Waals surface area contributed by atoms with Crippen LogP contribution in [0.1, 0.15) is 23.8 Å². The molecule has 0 amide bonds. The van der Waals surface area contributed by atoms with Gasteiger partial charge in [-0.2, -0.15) is 5.10 Å². The van der Waals surface area contributed by atoms with Crippen LogP contribution in [-0.2, 0) is 9.84 Å². The van der Waals surface area contributed by atoms with Gasteiger partial charge in [0.25, 0.3) is 5.56 Å². The van der Waals surface area contributed by atoms with Crippen LogP contribution in [0.25, 0.3) is 0 Å². The van der Waals surface area contributed by atoms with E-state index in [0.29, 0.717) is 18.5 Å². The Morgan fingerprint density at radius 2 is 2.21 bits per heavy atom. The smallest absolute Gasteiger partial charge is 0.264 e. The number of hydrogen-bond acceptors (Lipinski definition) is 4. The van der Waals surface area contributed by atoms with Crippen LogP contribution in [-0.4, -0.2) is 24.4 Å². The molecule has 1 N–H and O–H groups in total. The summed E-state index contributed by atoms with van der Waals surface area (Å²) >= 11 is 0. The third-order valence-electron chi connectivity index (χ3n) is 2.36. The van der Waals surface area contributed by atoms with Gasteiger partial charge in [0.05, 0.1) is 11.4 Å². The fourth-order valence-electron chi connectivity index (χ4n) is 1.66. The van der Waals surface area contributed by atoms with E-state index in [0.717, 1.165) is 0 Å². The first-order valence-electron chi connectivity index (χ1n) is 4.37. The number of rotatable bonds is 1. The monoisotopic (exact) mass is 214 g/mol. The van der Waals surface area contributed by atoms with E-state index in [9.17, 15) is 13.2 Å². The third kappa shape index (κ3) is 1.57. The summed E-state index contributed by atoms with van der Waals surface area (Å²) < 4.78 is 23.0. The number of sulfone groups is 1. The SMILES string of the molecule is O=c1ccc(C2CCCS2(=O)=O)n[nH]1. The number of aromatic nitrogens is 2. The van der Waals surface area contributed by atoms with Gasteiger partial charge in [-0.15, -0.1) is 0 Å². The molecule has 0 saturated carbocycles. The third-order valence-corrected chi connectivity index (χ3v) is 4.56. The Labute approximate surface area is 81.1 Å². The number of hydrogen-bond donors (Lipinski definition) is 1. The summed E-state index contributed by atoms with van der Waals surface area (Å²) in [6.07, 6.45) is 1.27. The van der Waals surface area contributed by atoms with E-state index in [1.54, 1.807) is 0 Å². The highest BCUT2D eigenvalue weighted by atomic mass is 32.2. The average molecular weight is 214 g/mol. The maximum atomic E-state index is 11.5. The van der Waals surface area contributed by atoms with E-state index in [-0.39, 0.29) is 11.3 Å². The lowest BCUT2D eigenvalue weighted by Crippen LogP contribution is -2.14. The lowest BCUT2D eigenvalue weighted by molar-refractivity contribution is 0.589. The molecule has 2 heterocycles. The lowest BCUT2D eigenvalue weighted by Gasteiger charge is -2.06. The number of H-pyrrole nitrogens is 1. The van der Waals surface area contributed by atoms with Crippen molar-refractivity contribution in [2.75, 3.05) is 5.75 Å². The van der Waals surface area contributed by atoms with Crippen LogP contribution in [0.5, 0.6) is 0 Å². The molecule has 1 aromatic rings. The van der Waals surface area contributed by atoms with Gasteiger partial charge >= 0.3 is 0 Å². The molecule has 2 rings (SSSR count). The Hall–Kier alpha value is -1.17. The zero-order valence-corrected chi connectivity index (χ0v) is 8.25. The van der Waals surface area contributed by atoms with Gasteiger partial charge in [0.15, 0.2) is 9.84 Å². The molecule has 1 unspecified atom stereocenters. The van der Waals surface area contributed by atoms with Gasteiger partial charge in [-0.05, 0) is 18.9 Å². The van der Waals surface area contributed by atoms with Crippen LogP contribution in [0, 0.1) is 0 Å². The summed E-state index contributed by atoms with van der Waals surface area (Å²) in [7, 11) is -3.04. The quantitative estimate of drug-likeness (QED) is 0.714. The summed E-state index contributed by atoms with van der Waals surface area (Å²) in [4.78, 5) is 10.7. The number of nitrogens with zero attached hydrogens (tertiary/aromatic N) is 1. The maximum Gasteiger partial charge on any atom is 0.264 e. The van der Waals surface area contributed by atoms with Crippen LogP contribution in [0.4, 0.5) is 0 Å². The molecule has 0 aromatic carbocycles. The largest absolute Gasteiger partial charge is 0.268 e. The fourth-order valence-corrected chi connectivity index (χ4v) is 3.54. The molecule has 1 saturated heterocycles. The van der Waals surface area contributed by atoms with Gasteiger partial charge in [-0.1, -0.05) is 0 Å². The predicted molar refractivity (Wildman–Crippen MR) is 50.6 cm³/mol. The Bertz CT molecular complexity index is 471. The molecule has 1 aliphatic rings. The van der Waals surface area contributed by atoms with E-state index in [4.69, 9.17) is 0 Å². The lowest BCUT2D eigenvalue weighted by atomic mass is 10.2. The first kappa shape index (κ1) is 9.39. The molecule has 14 heavy (non-hydrogen) atoms. The van der Waals surface area contributed by atoms with E-state index < -0.39 is 15.1 Å². The highest BCUT2D eigenvalue weighted by Gasteiger charge is 2.33. The van der Waals surface area contributed by atoms with Crippen molar-refractivity contribution in [3.63, 3.8) is 0 Å². The minimum atomic E-state index is -3.04. The number of aromatic amines is 1. The summed E-state index contributed by atoms with van der Waals surface area (Å²) in [5.74, 6) is 0.221. The Morgan fingerprint density at radius 1 is 1.43 bits per heavy atom.